The molecule has 0 bridgehead atoms. The van der Waals surface area contributed by atoms with E-state index in [1.54, 1.807) is 0 Å². The molecule has 3 rings (SSSR count). The topological polar surface area (TPSA) is 0 Å². The summed E-state index contributed by atoms with van der Waals surface area (Å²) in [5, 5.41) is 0. The Balaban J connectivity index is 0. The standard InChI is InChI=1S/C13H12.C8H10.C3H8.C2H6.CH4/c1-3-7-12(8-4-1)11-13-9-5-2-6-10-13;1-2-8-6-4-3-5-7-8;1-3-2;1-2;/h1-10H,11H2;3-7H,2H2,1H3;3H2,1-2H3;1-2H3;1H4. The molecule has 0 N–H and O–H groups in total. The molecule has 0 spiro atoms. The highest BCUT2D eigenvalue weighted by atomic mass is 14.0. The fourth-order valence-corrected chi connectivity index (χ4v) is 2.14. The summed E-state index contributed by atoms with van der Waals surface area (Å²) in [5.74, 6) is 0. The Hall–Kier alpha value is -2.34. The van der Waals surface area contributed by atoms with Gasteiger partial charge in [-0.1, -0.05) is 139 Å². The smallest absolute Gasteiger partial charge is 0.00258 e. The minimum atomic E-state index is 0. The zero-order chi connectivity index (χ0) is 19.5. The monoisotopic (exact) mass is 364 g/mol. The molecule has 0 unspecified atom stereocenters. The highest BCUT2D eigenvalue weighted by Crippen LogP contribution is 2.07. The molecule has 0 aliphatic heterocycles. The van der Waals surface area contributed by atoms with Crippen LogP contribution in [-0.4, -0.2) is 0 Å². The molecule has 0 amide bonds. The average molecular weight is 365 g/mol. The first-order chi connectivity index (χ1) is 12.8. The van der Waals surface area contributed by atoms with Gasteiger partial charge < -0.3 is 0 Å². The number of hydrogen-bond acceptors (Lipinski definition) is 0. The van der Waals surface area contributed by atoms with Gasteiger partial charge in [0.25, 0.3) is 0 Å². The molecule has 0 nitrogen and oxygen atoms in total. The maximum absolute atomic E-state index is 2.16. The van der Waals surface area contributed by atoms with E-state index in [9.17, 15) is 0 Å². The van der Waals surface area contributed by atoms with Crippen molar-refractivity contribution < 1.29 is 0 Å². The Bertz CT molecular complexity index is 574. The summed E-state index contributed by atoms with van der Waals surface area (Å²) in [4.78, 5) is 0. The van der Waals surface area contributed by atoms with Crippen LogP contribution in [0.25, 0.3) is 0 Å². The van der Waals surface area contributed by atoms with Gasteiger partial charge in [-0.15, -0.1) is 0 Å². The summed E-state index contributed by atoms with van der Waals surface area (Å²) in [5.41, 5.74) is 4.15. The van der Waals surface area contributed by atoms with Gasteiger partial charge in [0.2, 0.25) is 0 Å². The lowest BCUT2D eigenvalue weighted by atomic mass is 10.1. The van der Waals surface area contributed by atoms with Crippen LogP contribution in [0.15, 0.2) is 91.0 Å². The summed E-state index contributed by atoms with van der Waals surface area (Å²) >= 11 is 0. The quantitative estimate of drug-likeness (QED) is 0.436. The van der Waals surface area contributed by atoms with Crippen molar-refractivity contribution in [2.24, 2.45) is 0 Å². The summed E-state index contributed by atoms with van der Waals surface area (Å²) < 4.78 is 0. The molecule has 0 aliphatic rings. The Kier molecular flexibility index (Phi) is 19.9. The summed E-state index contributed by atoms with van der Waals surface area (Å²) in [6.07, 6.45) is 3.42. The Morgan fingerprint density at radius 2 is 0.741 bits per heavy atom. The molecule has 0 heteroatoms. The zero-order valence-electron chi connectivity index (χ0n) is 17.3. The maximum atomic E-state index is 2.16. The molecule has 0 fully saturated rings. The van der Waals surface area contributed by atoms with E-state index in [0.29, 0.717) is 0 Å². The maximum Gasteiger partial charge on any atom is -0.00258 e. The third-order valence-corrected chi connectivity index (χ3v) is 3.34. The van der Waals surface area contributed by atoms with Crippen LogP contribution in [-0.2, 0) is 12.8 Å². The molecule has 148 valence electrons. The van der Waals surface area contributed by atoms with Crippen molar-refractivity contribution in [1.29, 1.82) is 0 Å². The molecule has 0 saturated carbocycles. The van der Waals surface area contributed by atoms with Crippen LogP contribution in [0.2, 0.25) is 0 Å². The first-order valence-corrected chi connectivity index (χ1v) is 9.91. The van der Waals surface area contributed by atoms with Crippen molar-refractivity contribution in [3.05, 3.63) is 108 Å². The van der Waals surface area contributed by atoms with Crippen molar-refractivity contribution in [2.45, 2.75) is 61.3 Å². The lowest BCUT2D eigenvalue weighted by Gasteiger charge is -2.00. The van der Waals surface area contributed by atoms with Crippen LogP contribution < -0.4 is 0 Å². The average Bonchev–Trinajstić information content (AvgIpc) is 2.73. The van der Waals surface area contributed by atoms with Gasteiger partial charge in [-0.2, -0.15) is 0 Å². The van der Waals surface area contributed by atoms with Gasteiger partial charge in [-0.05, 0) is 29.5 Å². The Morgan fingerprint density at radius 1 is 0.481 bits per heavy atom. The third-order valence-electron chi connectivity index (χ3n) is 3.34. The van der Waals surface area contributed by atoms with Gasteiger partial charge in [0.1, 0.15) is 0 Å². The third kappa shape index (κ3) is 14.5. The van der Waals surface area contributed by atoms with Crippen LogP contribution in [0.3, 0.4) is 0 Å². The highest BCUT2D eigenvalue weighted by molar-refractivity contribution is 5.25. The van der Waals surface area contributed by atoms with Crippen molar-refractivity contribution >= 4 is 0 Å². The first-order valence-electron chi connectivity index (χ1n) is 9.91. The van der Waals surface area contributed by atoms with Gasteiger partial charge in [0, 0.05) is 0 Å². The van der Waals surface area contributed by atoms with Crippen molar-refractivity contribution in [3.8, 4) is 0 Å². The number of rotatable bonds is 3. The first kappa shape index (κ1) is 26.9. The largest absolute Gasteiger partial charge is 0.0776 e. The van der Waals surface area contributed by atoms with E-state index in [1.807, 2.05) is 19.9 Å². The lowest BCUT2D eigenvalue weighted by Crippen LogP contribution is -1.85. The molecule has 3 aromatic carbocycles. The molecule has 0 aliphatic carbocycles. The van der Waals surface area contributed by atoms with Crippen LogP contribution >= 0.6 is 0 Å². The molecule has 0 radical (unpaired) electrons. The van der Waals surface area contributed by atoms with E-state index in [2.05, 4.69) is 106 Å². The Morgan fingerprint density at radius 3 is 0.963 bits per heavy atom. The number of benzene rings is 3. The minimum absolute atomic E-state index is 0. The van der Waals surface area contributed by atoms with E-state index in [0.717, 1.165) is 12.8 Å². The molecular formula is C27H40. The molecular weight excluding hydrogens is 324 g/mol. The van der Waals surface area contributed by atoms with Crippen LogP contribution in [0.4, 0.5) is 0 Å². The molecule has 0 saturated heterocycles. The fourth-order valence-electron chi connectivity index (χ4n) is 2.14. The van der Waals surface area contributed by atoms with Gasteiger partial charge >= 0.3 is 0 Å². The van der Waals surface area contributed by atoms with Gasteiger partial charge in [0.15, 0.2) is 0 Å². The molecule has 3 aromatic rings. The molecule has 0 aromatic heterocycles. The SMILES string of the molecule is C.CC.CCC.CCc1ccccc1.c1ccc(Cc2ccccc2)cc1. The van der Waals surface area contributed by atoms with Crippen molar-refractivity contribution in [2.75, 3.05) is 0 Å². The lowest BCUT2D eigenvalue weighted by molar-refractivity contribution is 1.09. The summed E-state index contributed by atoms with van der Waals surface area (Å²) in [6, 6.07) is 31.5. The van der Waals surface area contributed by atoms with Crippen molar-refractivity contribution in [3.63, 3.8) is 0 Å². The normalized spacial score (nSPS) is 8.33. The van der Waals surface area contributed by atoms with Gasteiger partial charge in [-0.25, -0.2) is 0 Å². The van der Waals surface area contributed by atoms with Crippen LogP contribution in [0.5, 0.6) is 0 Å². The summed E-state index contributed by atoms with van der Waals surface area (Å²) in [7, 11) is 0. The Labute approximate surface area is 169 Å². The van der Waals surface area contributed by atoms with E-state index >= 15 is 0 Å². The zero-order valence-corrected chi connectivity index (χ0v) is 17.3. The predicted molar refractivity (Wildman–Crippen MR) is 126 cm³/mol. The number of aryl methyl sites for hydroxylation is 1. The van der Waals surface area contributed by atoms with Crippen LogP contribution in [0.1, 0.15) is 65.2 Å². The van der Waals surface area contributed by atoms with E-state index in [1.165, 1.54) is 23.1 Å². The molecule has 0 heterocycles. The van der Waals surface area contributed by atoms with E-state index < -0.39 is 0 Å². The van der Waals surface area contributed by atoms with E-state index in [-0.39, 0.29) is 7.43 Å². The second kappa shape index (κ2) is 20.0. The van der Waals surface area contributed by atoms with Crippen molar-refractivity contribution in [1.82, 2.24) is 0 Å². The van der Waals surface area contributed by atoms with Gasteiger partial charge in [-0.3, -0.25) is 0 Å². The fraction of sp³-hybridized carbons (Fsp3) is 0.333. The van der Waals surface area contributed by atoms with Crippen LogP contribution in [0, 0.1) is 0 Å². The second-order valence-corrected chi connectivity index (χ2v) is 5.69. The second-order valence-electron chi connectivity index (χ2n) is 5.69. The minimum Gasteiger partial charge on any atom is -0.0776 e. The molecule has 27 heavy (non-hydrogen) atoms. The van der Waals surface area contributed by atoms with Gasteiger partial charge in [0.05, 0.1) is 0 Å². The highest BCUT2D eigenvalue weighted by Gasteiger charge is 1.92. The molecule has 0 atom stereocenters. The predicted octanol–water partition coefficient (Wildman–Crippen LogP) is 8.61. The van der Waals surface area contributed by atoms with E-state index in [4.69, 9.17) is 0 Å². The summed E-state index contributed by atoms with van der Waals surface area (Å²) in [6.45, 7) is 10.4. The number of hydrogen-bond donors (Lipinski definition) is 0.